The average Bonchev–Trinajstić information content (AvgIpc) is 2.87. The number of piperazine rings is 1. The van der Waals surface area contributed by atoms with Gasteiger partial charge in [0.2, 0.25) is 0 Å². The number of anilines is 1. The van der Waals surface area contributed by atoms with Gasteiger partial charge in [0.25, 0.3) is 0 Å². The van der Waals surface area contributed by atoms with Crippen molar-refractivity contribution < 1.29 is 9.53 Å². The average molecular weight is 382 g/mol. The molecule has 7 nitrogen and oxygen atoms in total. The monoisotopic (exact) mass is 381 g/mol. The summed E-state index contributed by atoms with van der Waals surface area (Å²) in [4.78, 5) is 20.3. The Hall–Kier alpha value is -1.83. The number of carbonyl (C=O) groups is 1. The quantitative estimate of drug-likeness (QED) is 0.799. The van der Waals surface area contributed by atoms with Crippen LogP contribution in [0.5, 0.6) is 0 Å². The zero-order valence-electron chi connectivity index (χ0n) is 13.4. The number of carbonyl (C=O) groups excluding carboxylic acids is 1. The van der Waals surface area contributed by atoms with Crippen LogP contribution in [0.15, 0.2) is 22.9 Å². The number of hydrogen-bond acceptors (Lipinski definition) is 5. The molecular weight excluding hydrogens is 362 g/mol. The van der Waals surface area contributed by atoms with Crippen LogP contribution in [-0.4, -0.2) is 57.4 Å². The van der Waals surface area contributed by atoms with E-state index in [1.165, 1.54) is 0 Å². The third-order valence-corrected chi connectivity index (χ3v) is 4.37. The van der Waals surface area contributed by atoms with Gasteiger partial charge in [-0.1, -0.05) is 0 Å². The van der Waals surface area contributed by atoms with E-state index in [0.717, 1.165) is 29.2 Å². The van der Waals surface area contributed by atoms with Gasteiger partial charge in [-0.05, 0) is 48.8 Å². The van der Waals surface area contributed by atoms with E-state index in [0.29, 0.717) is 6.54 Å². The first-order valence-corrected chi connectivity index (χ1v) is 8.47. The number of amides is 1. The Bertz CT molecular complexity index is 717. The first kappa shape index (κ1) is 16.0. The Labute approximate surface area is 143 Å². The highest BCUT2D eigenvalue weighted by Crippen LogP contribution is 2.20. The molecular formula is C15H20BrN5O2. The summed E-state index contributed by atoms with van der Waals surface area (Å²) in [6.07, 6.45) is 1.39. The number of rotatable bonds is 2. The summed E-state index contributed by atoms with van der Waals surface area (Å²) in [5.74, 6) is 0.875. The third-order valence-electron chi connectivity index (χ3n) is 3.83. The summed E-state index contributed by atoms with van der Waals surface area (Å²) in [5.41, 5.74) is 0.799. The lowest BCUT2D eigenvalue weighted by atomic mass is 10.2. The molecule has 23 heavy (non-hydrogen) atoms. The zero-order chi connectivity index (χ0) is 16.6. The lowest BCUT2D eigenvalue weighted by molar-refractivity contribution is 0.0625. The molecule has 1 fully saturated rings. The van der Waals surface area contributed by atoms with Gasteiger partial charge < -0.3 is 14.5 Å². The fourth-order valence-electron chi connectivity index (χ4n) is 2.71. The van der Waals surface area contributed by atoms with E-state index in [9.17, 15) is 4.79 Å². The third kappa shape index (κ3) is 3.26. The highest BCUT2D eigenvalue weighted by molar-refractivity contribution is 9.10. The number of halogens is 1. The van der Waals surface area contributed by atoms with Gasteiger partial charge in [0.05, 0.1) is 12.3 Å². The fourth-order valence-corrected chi connectivity index (χ4v) is 3.07. The molecule has 2 aromatic heterocycles. The van der Waals surface area contributed by atoms with Gasteiger partial charge in [-0.15, -0.1) is 5.10 Å². The van der Waals surface area contributed by atoms with E-state index >= 15 is 0 Å². The van der Waals surface area contributed by atoms with E-state index in [2.05, 4.69) is 30.9 Å². The van der Waals surface area contributed by atoms with Crippen LogP contribution in [0, 0.1) is 0 Å². The van der Waals surface area contributed by atoms with Crippen LogP contribution in [-0.2, 0) is 4.74 Å². The van der Waals surface area contributed by atoms with Crippen molar-refractivity contribution >= 4 is 33.5 Å². The SMILES string of the molecule is CC(C)OC(=O)N1CCN(c2ccc3ncc(Br)n3n2)CC1C. The minimum Gasteiger partial charge on any atom is -0.447 e. The maximum Gasteiger partial charge on any atom is 0.410 e. The molecule has 1 unspecified atom stereocenters. The normalized spacial score (nSPS) is 18.7. The van der Waals surface area contributed by atoms with Gasteiger partial charge >= 0.3 is 6.09 Å². The summed E-state index contributed by atoms with van der Waals surface area (Å²) in [7, 11) is 0. The Morgan fingerprint density at radius 1 is 1.39 bits per heavy atom. The highest BCUT2D eigenvalue weighted by Gasteiger charge is 2.29. The molecule has 2 aromatic rings. The zero-order valence-corrected chi connectivity index (χ0v) is 15.0. The van der Waals surface area contributed by atoms with Crippen molar-refractivity contribution in [2.24, 2.45) is 0 Å². The van der Waals surface area contributed by atoms with Crippen LogP contribution in [0.25, 0.3) is 5.65 Å². The molecule has 0 N–H and O–H groups in total. The molecule has 0 radical (unpaired) electrons. The number of ether oxygens (including phenoxy) is 1. The highest BCUT2D eigenvalue weighted by atomic mass is 79.9. The van der Waals surface area contributed by atoms with Crippen LogP contribution in [0.3, 0.4) is 0 Å². The van der Waals surface area contributed by atoms with Crippen molar-refractivity contribution in [2.75, 3.05) is 24.5 Å². The van der Waals surface area contributed by atoms with Gasteiger partial charge in [-0.25, -0.2) is 14.3 Å². The summed E-state index contributed by atoms with van der Waals surface area (Å²) in [6.45, 7) is 7.82. The lowest BCUT2D eigenvalue weighted by Crippen LogP contribution is -2.54. The fraction of sp³-hybridized carbons (Fsp3) is 0.533. The minimum atomic E-state index is -0.243. The van der Waals surface area contributed by atoms with E-state index in [1.807, 2.05) is 32.9 Å². The minimum absolute atomic E-state index is 0.0683. The van der Waals surface area contributed by atoms with Crippen molar-refractivity contribution in [2.45, 2.75) is 32.9 Å². The van der Waals surface area contributed by atoms with Crippen LogP contribution in [0.4, 0.5) is 10.6 Å². The lowest BCUT2D eigenvalue weighted by Gasteiger charge is -2.39. The number of aromatic nitrogens is 3. The second-order valence-corrected chi connectivity index (χ2v) is 6.78. The second-order valence-electron chi connectivity index (χ2n) is 5.96. The smallest absolute Gasteiger partial charge is 0.410 e. The Morgan fingerprint density at radius 3 is 2.87 bits per heavy atom. The first-order chi connectivity index (χ1) is 11.0. The van der Waals surface area contributed by atoms with E-state index in [1.54, 1.807) is 15.6 Å². The Morgan fingerprint density at radius 2 is 2.17 bits per heavy atom. The molecule has 3 heterocycles. The molecule has 1 saturated heterocycles. The number of nitrogens with zero attached hydrogens (tertiary/aromatic N) is 5. The maximum absolute atomic E-state index is 12.1. The Kier molecular flexibility index (Phi) is 4.43. The van der Waals surface area contributed by atoms with Crippen LogP contribution >= 0.6 is 15.9 Å². The molecule has 1 aliphatic heterocycles. The van der Waals surface area contributed by atoms with Crippen molar-refractivity contribution in [3.05, 3.63) is 22.9 Å². The summed E-state index contributed by atoms with van der Waals surface area (Å²) in [5, 5.41) is 4.61. The predicted octanol–water partition coefficient (Wildman–Crippen LogP) is 2.55. The molecule has 0 spiro atoms. The van der Waals surface area contributed by atoms with Gasteiger partial charge in [0, 0.05) is 25.7 Å². The van der Waals surface area contributed by atoms with E-state index < -0.39 is 0 Å². The maximum atomic E-state index is 12.1. The molecule has 0 aliphatic carbocycles. The molecule has 1 amide bonds. The molecule has 8 heteroatoms. The van der Waals surface area contributed by atoms with Gasteiger partial charge in [0.1, 0.15) is 10.4 Å². The molecule has 1 aliphatic rings. The number of fused-ring (bicyclic) bond motifs is 1. The predicted molar refractivity (Wildman–Crippen MR) is 90.7 cm³/mol. The molecule has 1 atom stereocenters. The van der Waals surface area contributed by atoms with Crippen LogP contribution < -0.4 is 4.90 Å². The Balaban J connectivity index is 1.73. The van der Waals surface area contributed by atoms with Gasteiger partial charge in [-0.3, -0.25) is 0 Å². The topological polar surface area (TPSA) is 63.0 Å². The molecule has 3 rings (SSSR count). The van der Waals surface area contributed by atoms with Crippen molar-refractivity contribution in [3.63, 3.8) is 0 Å². The molecule has 0 aromatic carbocycles. The van der Waals surface area contributed by atoms with Crippen molar-refractivity contribution in [1.82, 2.24) is 19.5 Å². The van der Waals surface area contributed by atoms with E-state index in [4.69, 9.17) is 4.74 Å². The number of imidazole rings is 1. The largest absolute Gasteiger partial charge is 0.447 e. The second kappa shape index (κ2) is 6.35. The van der Waals surface area contributed by atoms with Crippen molar-refractivity contribution in [1.29, 1.82) is 0 Å². The summed E-state index contributed by atoms with van der Waals surface area (Å²) in [6, 6.07) is 3.97. The standard InChI is InChI=1S/C15H20BrN5O2/c1-10(2)23-15(22)20-7-6-19(9-11(20)3)14-5-4-13-17-8-12(16)21(13)18-14/h4-5,8,10-11H,6-7,9H2,1-3H3. The summed E-state index contributed by atoms with van der Waals surface area (Å²) >= 11 is 3.44. The van der Waals surface area contributed by atoms with Gasteiger partial charge in [-0.2, -0.15) is 0 Å². The molecule has 0 saturated carbocycles. The molecule has 124 valence electrons. The van der Waals surface area contributed by atoms with Crippen molar-refractivity contribution in [3.8, 4) is 0 Å². The van der Waals surface area contributed by atoms with Crippen LogP contribution in [0.2, 0.25) is 0 Å². The van der Waals surface area contributed by atoms with Crippen LogP contribution in [0.1, 0.15) is 20.8 Å². The summed E-state index contributed by atoms with van der Waals surface area (Å²) < 4.78 is 7.88. The van der Waals surface area contributed by atoms with Gasteiger partial charge in [0.15, 0.2) is 5.65 Å². The number of hydrogen-bond donors (Lipinski definition) is 0. The first-order valence-electron chi connectivity index (χ1n) is 7.68. The van der Waals surface area contributed by atoms with E-state index in [-0.39, 0.29) is 18.2 Å². The molecule has 0 bridgehead atoms.